The van der Waals surface area contributed by atoms with Gasteiger partial charge in [0.1, 0.15) is 29.0 Å². The normalized spacial score (nSPS) is 15.6. The lowest BCUT2D eigenvalue weighted by molar-refractivity contribution is -0.121. The number of amides is 1. The second-order valence-electron chi connectivity index (χ2n) is 5.79. The summed E-state index contributed by atoms with van der Waals surface area (Å²) >= 11 is 6.47. The van der Waals surface area contributed by atoms with Crippen LogP contribution in [0.2, 0.25) is 0 Å². The topological polar surface area (TPSA) is 38.8 Å². The van der Waals surface area contributed by atoms with Gasteiger partial charge in [0.2, 0.25) is 0 Å². The first-order chi connectivity index (χ1) is 12.5. The van der Waals surface area contributed by atoms with Crippen LogP contribution < -0.4 is 9.47 Å². The number of nitrogens with zero attached hydrogens (tertiary/aromatic N) is 1. The Kier molecular flexibility index (Phi) is 5.96. The molecule has 0 aliphatic carbocycles. The maximum atomic E-state index is 12.2. The number of thiocarbonyl (C=S) groups is 1. The largest absolute Gasteiger partial charge is 0.490 e. The first kappa shape index (κ1) is 18.5. The minimum absolute atomic E-state index is 0.0856. The van der Waals surface area contributed by atoms with E-state index in [1.165, 1.54) is 16.7 Å². The summed E-state index contributed by atoms with van der Waals surface area (Å²) in [7, 11) is 1.68. The van der Waals surface area contributed by atoms with E-state index in [0.29, 0.717) is 28.2 Å². The molecule has 0 unspecified atom stereocenters. The van der Waals surface area contributed by atoms with E-state index in [4.69, 9.17) is 21.7 Å². The summed E-state index contributed by atoms with van der Waals surface area (Å²) in [5.74, 6) is 1.45. The highest BCUT2D eigenvalue weighted by molar-refractivity contribution is 8.26. The van der Waals surface area contributed by atoms with E-state index < -0.39 is 0 Å². The van der Waals surface area contributed by atoms with Crippen LogP contribution in [0.1, 0.15) is 11.1 Å². The Morgan fingerprint density at radius 1 is 1.12 bits per heavy atom. The van der Waals surface area contributed by atoms with Gasteiger partial charge in [0.15, 0.2) is 0 Å². The van der Waals surface area contributed by atoms with E-state index in [-0.39, 0.29) is 5.91 Å². The van der Waals surface area contributed by atoms with Crippen molar-refractivity contribution in [1.29, 1.82) is 0 Å². The third kappa shape index (κ3) is 4.45. The number of thioether (sulfide) groups is 1. The van der Waals surface area contributed by atoms with Crippen molar-refractivity contribution in [3.05, 3.63) is 64.6 Å². The molecule has 0 spiro atoms. The predicted octanol–water partition coefficient (Wildman–Crippen LogP) is 4.28. The standard InChI is InChI=1S/C20H19NO3S2/c1-14-6-5-8-16(12-14)23-10-11-24-17-9-4-3-7-15(17)13-18-19(22)21(2)20(25)26-18/h3-9,12-13H,10-11H2,1-2H3/b18-13+. The molecule has 0 bridgehead atoms. The van der Waals surface area contributed by atoms with Gasteiger partial charge < -0.3 is 9.47 Å². The number of carbonyl (C=O) groups is 1. The van der Waals surface area contributed by atoms with Crippen molar-refractivity contribution in [3.8, 4) is 11.5 Å². The van der Waals surface area contributed by atoms with Crippen molar-refractivity contribution in [1.82, 2.24) is 4.90 Å². The molecule has 3 rings (SSSR count). The lowest BCUT2D eigenvalue weighted by Gasteiger charge is -2.11. The smallest absolute Gasteiger partial charge is 0.265 e. The molecule has 0 N–H and O–H groups in total. The third-order valence-electron chi connectivity index (χ3n) is 3.79. The van der Waals surface area contributed by atoms with Crippen LogP contribution in [-0.4, -0.2) is 35.4 Å². The molecule has 0 saturated carbocycles. The highest BCUT2D eigenvalue weighted by atomic mass is 32.2. The molecule has 26 heavy (non-hydrogen) atoms. The van der Waals surface area contributed by atoms with Crippen molar-refractivity contribution in [2.45, 2.75) is 6.92 Å². The van der Waals surface area contributed by atoms with Gasteiger partial charge in [0.05, 0.1) is 4.91 Å². The Morgan fingerprint density at radius 2 is 1.88 bits per heavy atom. The van der Waals surface area contributed by atoms with E-state index in [1.807, 2.05) is 61.5 Å². The van der Waals surface area contributed by atoms with Gasteiger partial charge in [-0.25, -0.2) is 0 Å². The van der Waals surface area contributed by atoms with Gasteiger partial charge in [-0.1, -0.05) is 54.3 Å². The molecule has 1 amide bonds. The number of carbonyl (C=O) groups excluding carboxylic acids is 1. The summed E-state index contributed by atoms with van der Waals surface area (Å²) in [4.78, 5) is 14.2. The lowest BCUT2D eigenvalue weighted by Crippen LogP contribution is -2.22. The number of hydrogen-bond donors (Lipinski definition) is 0. The van der Waals surface area contributed by atoms with Gasteiger partial charge in [-0.2, -0.15) is 0 Å². The first-order valence-corrected chi connectivity index (χ1v) is 9.40. The number of likely N-dealkylation sites (N-methyl/N-ethyl adjacent to an activating group) is 1. The van der Waals surface area contributed by atoms with E-state index in [2.05, 4.69) is 0 Å². The molecule has 1 saturated heterocycles. The number of rotatable bonds is 6. The van der Waals surface area contributed by atoms with Crippen molar-refractivity contribution >= 4 is 40.3 Å². The van der Waals surface area contributed by atoms with Gasteiger partial charge in [-0.3, -0.25) is 9.69 Å². The van der Waals surface area contributed by atoms with Crippen LogP contribution in [0.25, 0.3) is 6.08 Å². The van der Waals surface area contributed by atoms with Gasteiger partial charge in [-0.15, -0.1) is 0 Å². The second kappa shape index (κ2) is 8.38. The van der Waals surface area contributed by atoms with Gasteiger partial charge in [0, 0.05) is 12.6 Å². The number of para-hydroxylation sites is 1. The zero-order chi connectivity index (χ0) is 18.5. The van der Waals surface area contributed by atoms with Gasteiger partial charge in [0.25, 0.3) is 5.91 Å². The molecular weight excluding hydrogens is 366 g/mol. The van der Waals surface area contributed by atoms with Crippen molar-refractivity contribution in [3.63, 3.8) is 0 Å². The number of benzene rings is 2. The molecule has 2 aromatic carbocycles. The summed E-state index contributed by atoms with van der Waals surface area (Å²) < 4.78 is 12.1. The molecule has 134 valence electrons. The summed E-state index contributed by atoms with van der Waals surface area (Å²) in [6, 6.07) is 15.5. The highest BCUT2D eigenvalue weighted by Crippen LogP contribution is 2.33. The van der Waals surface area contributed by atoms with Crippen molar-refractivity contribution < 1.29 is 14.3 Å². The molecule has 1 aliphatic heterocycles. The zero-order valence-electron chi connectivity index (χ0n) is 14.6. The van der Waals surface area contributed by atoms with Gasteiger partial charge in [-0.05, 0) is 36.8 Å². The maximum absolute atomic E-state index is 12.2. The molecule has 6 heteroatoms. The third-order valence-corrected chi connectivity index (χ3v) is 5.28. The Labute approximate surface area is 162 Å². The minimum atomic E-state index is -0.0856. The Hall–Kier alpha value is -2.31. The van der Waals surface area contributed by atoms with E-state index in [1.54, 1.807) is 7.05 Å². The van der Waals surface area contributed by atoms with Crippen LogP contribution in [-0.2, 0) is 4.79 Å². The summed E-state index contributed by atoms with van der Waals surface area (Å²) in [5.41, 5.74) is 2.00. The summed E-state index contributed by atoms with van der Waals surface area (Å²) in [6.07, 6.45) is 1.82. The molecule has 2 aromatic rings. The fraction of sp³-hybridized carbons (Fsp3) is 0.200. The predicted molar refractivity (Wildman–Crippen MR) is 110 cm³/mol. The Morgan fingerprint density at radius 3 is 2.62 bits per heavy atom. The van der Waals surface area contributed by atoms with Crippen molar-refractivity contribution in [2.75, 3.05) is 20.3 Å². The average molecular weight is 386 g/mol. The molecule has 4 nitrogen and oxygen atoms in total. The van der Waals surface area contributed by atoms with Crippen LogP contribution in [0.15, 0.2) is 53.4 Å². The molecule has 0 atom stereocenters. The van der Waals surface area contributed by atoms with Gasteiger partial charge >= 0.3 is 0 Å². The molecule has 0 aromatic heterocycles. The maximum Gasteiger partial charge on any atom is 0.265 e. The number of hydrogen-bond acceptors (Lipinski definition) is 5. The average Bonchev–Trinajstić information content (AvgIpc) is 2.87. The fourth-order valence-electron chi connectivity index (χ4n) is 2.43. The monoisotopic (exact) mass is 385 g/mol. The quantitative estimate of drug-likeness (QED) is 0.421. The van der Waals surface area contributed by atoms with Crippen LogP contribution in [0.5, 0.6) is 11.5 Å². The van der Waals surface area contributed by atoms with Crippen LogP contribution in [0, 0.1) is 6.92 Å². The van der Waals surface area contributed by atoms with Crippen LogP contribution in [0.3, 0.4) is 0 Å². The SMILES string of the molecule is Cc1cccc(OCCOc2ccccc2/C=C2/SC(=S)N(C)C2=O)c1. The highest BCUT2D eigenvalue weighted by Gasteiger charge is 2.28. The molecule has 1 heterocycles. The van der Waals surface area contributed by atoms with Crippen LogP contribution in [0.4, 0.5) is 0 Å². The molecule has 1 aliphatic rings. The molecule has 1 fully saturated rings. The lowest BCUT2D eigenvalue weighted by atomic mass is 10.2. The first-order valence-electron chi connectivity index (χ1n) is 8.17. The summed E-state index contributed by atoms with van der Waals surface area (Å²) in [5, 5.41) is 0. The van der Waals surface area contributed by atoms with E-state index in [0.717, 1.165) is 16.9 Å². The molecular formula is C20H19NO3S2. The van der Waals surface area contributed by atoms with Crippen molar-refractivity contribution in [2.24, 2.45) is 0 Å². The number of ether oxygens (including phenoxy) is 2. The second-order valence-corrected chi connectivity index (χ2v) is 7.47. The Bertz CT molecular complexity index is 864. The number of aryl methyl sites for hydroxylation is 1. The Balaban J connectivity index is 1.63. The van der Waals surface area contributed by atoms with E-state index in [9.17, 15) is 4.79 Å². The van der Waals surface area contributed by atoms with E-state index >= 15 is 0 Å². The molecule has 0 radical (unpaired) electrons. The summed E-state index contributed by atoms with van der Waals surface area (Å²) in [6.45, 7) is 2.88. The minimum Gasteiger partial charge on any atom is -0.490 e. The fourth-order valence-corrected chi connectivity index (χ4v) is 3.60. The van der Waals surface area contributed by atoms with Crippen LogP contribution >= 0.6 is 24.0 Å². The zero-order valence-corrected chi connectivity index (χ0v) is 16.2.